The molecule has 0 spiro atoms. The second kappa shape index (κ2) is 4.16. The third-order valence-corrected chi connectivity index (χ3v) is 6.26. The summed E-state index contributed by atoms with van der Waals surface area (Å²) in [4.78, 5) is 2.56. The largest absolute Gasteiger partial charge is 0.397 e. The molecule has 4 saturated carbocycles. The summed E-state index contributed by atoms with van der Waals surface area (Å²) >= 11 is 0. The molecule has 0 heterocycles. The highest BCUT2D eigenvalue weighted by atomic mass is 15.2. The Bertz CT molecular complexity index is 499. The zero-order valence-electron chi connectivity index (χ0n) is 12.7. The van der Waals surface area contributed by atoms with Gasteiger partial charge in [-0.2, -0.15) is 0 Å². The first kappa shape index (κ1) is 12.6. The summed E-state index contributed by atoms with van der Waals surface area (Å²) in [6, 6.07) is 6.46. The number of benzene rings is 1. The van der Waals surface area contributed by atoms with Crippen LogP contribution in [0.15, 0.2) is 18.2 Å². The van der Waals surface area contributed by atoms with Gasteiger partial charge in [-0.05, 0) is 80.9 Å². The molecule has 0 amide bonds. The van der Waals surface area contributed by atoms with Gasteiger partial charge in [-0.25, -0.2) is 0 Å². The van der Waals surface area contributed by atoms with Crippen LogP contribution in [0.1, 0.15) is 44.1 Å². The molecule has 20 heavy (non-hydrogen) atoms. The molecule has 0 aromatic heterocycles. The van der Waals surface area contributed by atoms with Crippen molar-refractivity contribution in [3.8, 4) is 0 Å². The molecule has 0 saturated heterocycles. The van der Waals surface area contributed by atoms with Gasteiger partial charge < -0.3 is 10.6 Å². The van der Waals surface area contributed by atoms with E-state index in [0.29, 0.717) is 5.54 Å². The smallest absolute Gasteiger partial charge is 0.0604 e. The lowest BCUT2D eigenvalue weighted by molar-refractivity contribution is -0.00196. The molecule has 0 radical (unpaired) electrons. The first-order chi connectivity index (χ1) is 9.56. The Kier molecular flexibility index (Phi) is 2.61. The SMILES string of the molecule is Cc1ccc(N)c(N(C)C23CC4CC(CC(C4)C2)C3)c1. The molecule has 0 unspecified atom stereocenters. The number of nitrogen functional groups attached to an aromatic ring is 1. The van der Waals surface area contributed by atoms with E-state index >= 15 is 0 Å². The van der Waals surface area contributed by atoms with Gasteiger partial charge in [0.1, 0.15) is 0 Å². The Morgan fingerprint density at radius 1 is 1.05 bits per heavy atom. The minimum Gasteiger partial charge on any atom is -0.397 e. The van der Waals surface area contributed by atoms with E-state index in [2.05, 4.69) is 37.1 Å². The van der Waals surface area contributed by atoms with E-state index in [9.17, 15) is 0 Å². The van der Waals surface area contributed by atoms with Crippen molar-refractivity contribution in [2.45, 2.75) is 51.0 Å². The van der Waals surface area contributed by atoms with E-state index in [1.807, 2.05) is 0 Å². The second-order valence-corrected chi connectivity index (χ2v) is 7.76. The molecule has 108 valence electrons. The molecular weight excluding hydrogens is 244 g/mol. The predicted molar refractivity (Wildman–Crippen MR) is 84.9 cm³/mol. The summed E-state index contributed by atoms with van der Waals surface area (Å²) in [6.07, 6.45) is 8.66. The number of hydrogen-bond acceptors (Lipinski definition) is 2. The van der Waals surface area contributed by atoms with Crippen molar-refractivity contribution < 1.29 is 0 Å². The van der Waals surface area contributed by atoms with Crippen molar-refractivity contribution in [1.82, 2.24) is 0 Å². The zero-order chi connectivity index (χ0) is 13.9. The molecule has 2 N–H and O–H groups in total. The zero-order valence-corrected chi connectivity index (χ0v) is 12.7. The van der Waals surface area contributed by atoms with Crippen LogP contribution in [0, 0.1) is 24.7 Å². The van der Waals surface area contributed by atoms with Gasteiger partial charge in [0.25, 0.3) is 0 Å². The maximum atomic E-state index is 6.27. The van der Waals surface area contributed by atoms with E-state index in [0.717, 1.165) is 23.4 Å². The molecule has 4 bridgehead atoms. The lowest BCUT2D eigenvalue weighted by Gasteiger charge is -2.60. The molecule has 0 aliphatic heterocycles. The van der Waals surface area contributed by atoms with E-state index in [1.165, 1.54) is 49.8 Å². The van der Waals surface area contributed by atoms with Crippen LogP contribution in [0.25, 0.3) is 0 Å². The molecule has 2 nitrogen and oxygen atoms in total. The van der Waals surface area contributed by atoms with Gasteiger partial charge in [-0.1, -0.05) is 6.07 Å². The van der Waals surface area contributed by atoms with E-state index in [-0.39, 0.29) is 0 Å². The monoisotopic (exact) mass is 270 g/mol. The van der Waals surface area contributed by atoms with Crippen LogP contribution in [0.4, 0.5) is 11.4 Å². The molecule has 4 aliphatic carbocycles. The molecule has 5 rings (SSSR count). The van der Waals surface area contributed by atoms with E-state index in [4.69, 9.17) is 5.73 Å². The van der Waals surface area contributed by atoms with Gasteiger partial charge in [0.2, 0.25) is 0 Å². The van der Waals surface area contributed by atoms with Crippen molar-refractivity contribution in [3.05, 3.63) is 23.8 Å². The van der Waals surface area contributed by atoms with Gasteiger partial charge in [0.15, 0.2) is 0 Å². The molecule has 0 atom stereocenters. The summed E-state index contributed by atoms with van der Waals surface area (Å²) in [7, 11) is 2.29. The fourth-order valence-corrected chi connectivity index (χ4v) is 5.68. The van der Waals surface area contributed by atoms with Crippen molar-refractivity contribution in [2.75, 3.05) is 17.7 Å². The Labute approximate surface area is 122 Å². The van der Waals surface area contributed by atoms with Crippen LogP contribution >= 0.6 is 0 Å². The van der Waals surface area contributed by atoms with Gasteiger partial charge >= 0.3 is 0 Å². The summed E-state index contributed by atoms with van der Waals surface area (Å²) in [5.41, 5.74) is 10.2. The molecule has 1 aromatic carbocycles. The third kappa shape index (κ3) is 1.77. The number of anilines is 2. The lowest BCUT2D eigenvalue weighted by Crippen LogP contribution is -2.59. The fourth-order valence-electron chi connectivity index (χ4n) is 5.68. The summed E-state index contributed by atoms with van der Waals surface area (Å²) in [5, 5.41) is 0. The summed E-state index contributed by atoms with van der Waals surface area (Å²) < 4.78 is 0. The maximum Gasteiger partial charge on any atom is 0.0604 e. The highest BCUT2D eigenvalue weighted by molar-refractivity contribution is 5.69. The van der Waals surface area contributed by atoms with Crippen LogP contribution in [-0.4, -0.2) is 12.6 Å². The van der Waals surface area contributed by atoms with Crippen LogP contribution in [0.3, 0.4) is 0 Å². The minimum absolute atomic E-state index is 0.399. The van der Waals surface area contributed by atoms with Crippen molar-refractivity contribution in [1.29, 1.82) is 0 Å². The first-order valence-electron chi connectivity index (χ1n) is 8.16. The Hall–Kier alpha value is -1.18. The molecule has 1 aromatic rings. The normalized spacial score (nSPS) is 38.2. The highest BCUT2D eigenvalue weighted by Gasteiger charge is 2.53. The number of nitrogens with two attached hydrogens (primary N) is 1. The van der Waals surface area contributed by atoms with E-state index in [1.54, 1.807) is 0 Å². The summed E-state index contributed by atoms with van der Waals surface area (Å²) in [6.45, 7) is 2.16. The van der Waals surface area contributed by atoms with E-state index < -0.39 is 0 Å². The predicted octanol–water partition coefficient (Wildman–Crippen LogP) is 3.98. The second-order valence-electron chi connectivity index (χ2n) is 7.76. The van der Waals surface area contributed by atoms with Gasteiger partial charge in [0.05, 0.1) is 11.4 Å². The number of aryl methyl sites for hydroxylation is 1. The average Bonchev–Trinajstić information content (AvgIpc) is 2.39. The number of nitrogens with zero attached hydrogens (tertiary/aromatic N) is 1. The van der Waals surface area contributed by atoms with Gasteiger partial charge in [0, 0.05) is 12.6 Å². The molecule has 2 heteroatoms. The quantitative estimate of drug-likeness (QED) is 0.824. The van der Waals surface area contributed by atoms with Crippen molar-refractivity contribution >= 4 is 11.4 Å². The van der Waals surface area contributed by atoms with Crippen LogP contribution in [-0.2, 0) is 0 Å². The summed E-state index contributed by atoms with van der Waals surface area (Å²) in [5.74, 6) is 2.94. The molecule has 4 fully saturated rings. The van der Waals surface area contributed by atoms with Crippen molar-refractivity contribution in [3.63, 3.8) is 0 Å². The first-order valence-corrected chi connectivity index (χ1v) is 8.16. The van der Waals surface area contributed by atoms with Crippen molar-refractivity contribution in [2.24, 2.45) is 17.8 Å². The third-order valence-electron chi connectivity index (χ3n) is 6.26. The minimum atomic E-state index is 0.399. The fraction of sp³-hybridized carbons (Fsp3) is 0.667. The van der Waals surface area contributed by atoms with Crippen LogP contribution in [0.5, 0.6) is 0 Å². The lowest BCUT2D eigenvalue weighted by atomic mass is 9.52. The van der Waals surface area contributed by atoms with Gasteiger partial charge in [-0.15, -0.1) is 0 Å². The molecule has 4 aliphatic rings. The highest BCUT2D eigenvalue weighted by Crippen LogP contribution is 2.58. The number of hydrogen-bond donors (Lipinski definition) is 1. The average molecular weight is 270 g/mol. The maximum absolute atomic E-state index is 6.27. The van der Waals surface area contributed by atoms with Crippen LogP contribution < -0.4 is 10.6 Å². The Morgan fingerprint density at radius 2 is 1.60 bits per heavy atom. The number of rotatable bonds is 2. The topological polar surface area (TPSA) is 29.3 Å². The standard InChI is InChI=1S/C18H26N2/c1-12-3-4-16(19)17(5-12)20(2)18-9-13-6-14(10-18)8-15(7-13)11-18/h3-5,13-15H,6-11,19H2,1-2H3. The van der Waals surface area contributed by atoms with Gasteiger partial charge in [-0.3, -0.25) is 0 Å². The Balaban J connectivity index is 1.71. The molecular formula is C18H26N2. The Morgan fingerprint density at radius 3 is 2.15 bits per heavy atom. The van der Waals surface area contributed by atoms with Crippen LogP contribution in [0.2, 0.25) is 0 Å².